The second-order valence-electron chi connectivity index (χ2n) is 6.09. The molecule has 1 fully saturated rings. The molecule has 6 heteroatoms. The number of hydrogen-bond donors (Lipinski definition) is 1. The molecule has 0 bridgehead atoms. The van der Waals surface area contributed by atoms with Gasteiger partial charge >= 0.3 is 0 Å². The second kappa shape index (κ2) is 7.40. The van der Waals surface area contributed by atoms with Gasteiger partial charge in [-0.25, -0.2) is 4.98 Å². The first kappa shape index (κ1) is 17.0. The van der Waals surface area contributed by atoms with Gasteiger partial charge in [0, 0.05) is 30.6 Å². The summed E-state index contributed by atoms with van der Waals surface area (Å²) in [6.07, 6.45) is 2.96. The highest BCUT2D eigenvalue weighted by Crippen LogP contribution is 2.26. The van der Waals surface area contributed by atoms with Crippen LogP contribution < -0.4 is 5.32 Å². The van der Waals surface area contributed by atoms with E-state index in [1.807, 2.05) is 19.1 Å². The summed E-state index contributed by atoms with van der Waals surface area (Å²) in [4.78, 5) is 19.9. The van der Waals surface area contributed by atoms with Crippen molar-refractivity contribution in [1.29, 1.82) is 0 Å². The number of benzene rings is 1. The molecule has 1 aliphatic heterocycles. The van der Waals surface area contributed by atoms with Crippen molar-refractivity contribution in [2.75, 3.05) is 26.4 Å². The van der Waals surface area contributed by atoms with Gasteiger partial charge in [-0.15, -0.1) is 11.8 Å². The fourth-order valence-corrected chi connectivity index (χ4v) is 3.45. The van der Waals surface area contributed by atoms with Gasteiger partial charge in [-0.3, -0.25) is 9.69 Å². The molecule has 1 aliphatic rings. The molecule has 0 saturated carbocycles. The van der Waals surface area contributed by atoms with Gasteiger partial charge in [0.15, 0.2) is 0 Å². The minimum absolute atomic E-state index is 0.0840. The molecule has 0 aliphatic carbocycles. The molecule has 1 aromatic carbocycles. The van der Waals surface area contributed by atoms with E-state index < -0.39 is 0 Å². The zero-order chi connectivity index (χ0) is 17.1. The van der Waals surface area contributed by atoms with E-state index in [0.29, 0.717) is 5.89 Å². The number of thioether (sulfide) groups is 1. The average Bonchev–Trinajstić information content (AvgIpc) is 3.22. The van der Waals surface area contributed by atoms with E-state index in [-0.39, 0.29) is 11.8 Å². The SMILES string of the molecule is CNC(=O)[C@H]1CCN(Cc2nc(-c3ccc(SC)cc3)oc2C)C1. The fourth-order valence-electron chi connectivity index (χ4n) is 3.04. The Morgan fingerprint density at radius 1 is 1.42 bits per heavy atom. The number of hydrogen-bond acceptors (Lipinski definition) is 5. The molecule has 0 radical (unpaired) electrons. The summed E-state index contributed by atoms with van der Waals surface area (Å²) in [6.45, 7) is 4.38. The highest BCUT2D eigenvalue weighted by Gasteiger charge is 2.28. The Morgan fingerprint density at radius 3 is 2.83 bits per heavy atom. The first-order chi connectivity index (χ1) is 11.6. The number of amides is 1. The zero-order valence-electron chi connectivity index (χ0n) is 14.3. The van der Waals surface area contributed by atoms with Gasteiger partial charge in [0.1, 0.15) is 5.76 Å². The molecule has 2 aromatic rings. The highest BCUT2D eigenvalue weighted by molar-refractivity contribution is 7.98. The maximum atomic E-state index is 11.7. The van der Waals surface area contributed by atoms with Crippen molar-refractivity contribution < 1.29 is 9.21 Å². The second-order valence-corrected chi connectivity index (χ2v) is 6.97. The molecule has 1 N–H and O–H groups in total. The Kier molecular flexibility index (Phi) is 5.26. The predicted molar refractivity (Wildman–Crippen MR) is 95.9 cm³/mol. The van der Waals surface area contributed by atoms with E-state index in [2.05, 4.69) is 33.6 Å². The van der Waals surface area contributed by atoms with Crippen LogP contribution in [-0.4, -0.2) is 42.2 Å². The number of nitrogens with one attached hydrogen (secondary N) is 1. The van der Waals surface area contributed by atoms with E-state index in [0.717, 1.165) is 43.1 Å². The number of likely N-dealkylation sites (tertiary alicyclic amines) is 1. The smallest absolute Gasteiger partial charge is 0.226 e. The summed E-state index contributed by atoms with van der Waals surface area (Å²) in [5, 5.41) is 2.74. The van der Waals surface area contributed by atoms with Gasteiger partial charge in [-0.1, -0.05) is 0 Å². The normalized spacial score (nSPS) is 18.0. The van der Waals surface area contributed by atoms with Crippen LogP contribution in [0.2, 0.25) is 0 Å². The third-order valence-corrected chi connectivity index (χ3v) is 5.24. The van der Waals surface area contributed by atoms with Crippen LogP contribution in [0.15, 0.2) is 33.6 Å². The van der Waals surface area contributed by atoms with Crippen molar-refractivity contribution in [3.63, 3.8) is 0 Å². The number of rotatable bonds is 5. The van der Waals surface area contributed by atoms with Gasteiger partial charge in [-0.05, 0) is 50.4 Å². The maximum absolute atomic E-state index is 11.7. The lowest BCUT2D eigenvalue weighted by molar-refractivity contribution is -0.124. The topological polar surface area (TPSA) is 58.4 Å². The molecule has 1 atom stereocenters. The summed E-state index contributed by atoms with van der Waals surface area (Å²) >= 11 is 1.72. The Hall–Kier alpha value is -1.79. The van der Waals surface area contributed by atoms with E-state index >= 15 is 0 Å². The van der Waals surface area contributed by atoms with E-state index in [1.54, 1.807) is 18.8 Å². The fraction of sp³-hybridized carbons (Fsp3) is 0.444. The van der Waals surface area contributed by atoms with Crippen LogP contribution in [0, 0.1) is 12.8 Å². The van der Waals surface area contributed by atoms with Crippen LogP contribution >= 0.6 is 11.8 Å². The Bertz CT molecular complexity index is 712. The molecule has 1 saturated heterocycles. The van der Waals surface area contributed by atoms with Gasteiger partial charge in [0.25, 0.3) is 0 Å². The first-order valence-electron chi connectivity index (χ1n) is 8.15. The molecule has 1 aromatic heterocycles. The molecule has 3 rings (SSSR count). The van der Waals surface area contributed by atoms with Crippen molar-refractivity contribution in [1.82, 2.24) is 15.2 Å². The van der Waals surface area contributed by atoms with Crippen molar-refractivity contribution >= 4 is 17.7 Å². The molecule has 1 amide bonds. The average molecular weight is 345 g/mol. The Labute approximate surface area is 146 Å². The standard InChI is InChI=1S/C18H23N3O2S/c1-12-16(11-21-9-8-14(10-21)17(22)19-2)20-18(23-12)13-4-6-15(24-3)7-5-13/h4-7,14H,8-11H2,1-3H3,(H,19,22)/t14-/m0/s1. The number of aromatic nitrogens is 1. The van der Waals surface area contributed by atoms with Crippen LogP contribution in [0.1, 0.15) is 17.9 Å². The van der Waals surface area contributed by atoms with Gasteiger partial charge in [0.05, 0.1) is 11.6 Å². The maximum Gasteiger partial charge on any atom is 0.226 e. The van der Waals surface area contributed by atoms with E-state index in [9.17, 15) is 4.79 Å². The van der Waals surface area contributed by atoms with Gasteiger partial charge in [-0.2, -0.15) is 0 Å². The largest absolute Gasteiger partial charge is 0.441 e. The molecule has 24 heavy (non-hydrogen) atoms. The van der Waals surface area contributed by atoms with E-state index in [4.69, 9.17) is 4.42 Å². The molecule has 128 valence electrons. The summed E-state index contributed by atoms with van der Waals surface area (Å²) in [7, 11) is 1.70. The van der Waals surface area contributed by atoms with Gasteiger partial charge < -0.3 is 9.73 Å². The summed E-state index contributed by atoms with van der Waals surface area (Å²) in [6, 6.07) is 8.23. The monoisotopic (exact) mass is 345 g/mol. The predicted octanol–water partition coefficient (Wildman–Crippen LogP) is 2.94. The van der Waals surface area contributed by atoms with Crippen molar-refractivity contribution in [2.24, 2.45) is 5.92 Å². The van der Waals surface area contributed by atoms with Crippen LogP contribution in [-0.2, 0) is 11.3 Å². The number of carbonyl (C=O) groups is 1. The van der Waals surface area contributed by atoms with Crippen LogP contribution in [0.5, 0.6) is 0 Å². The quantitative estimate of drug-likeness (QED) is 0.845. The summed E-state index contributed by atoms with van der Waals surface area (Å²) in [5.41, 5.74) is 1.95. The molecule has 2 heterocycles. The molecular formula is C18H23N3O2S. The minimum atomic E-state index is 0.0840. The summed E-state index contributed by atoms with van der Waals surface area (Å²) in [5.74, 6) is 1.73. The Balaban J connectivity index is 1.69. The molecular weight excluding hydrogens is 322 g/mol. The number of carbonyl (C=O) groups excluding carboxylic acids is 1. The van der Waals surface area contributed by atoms with Gasteiger partial charge in [0.2, 0.25) is 11.8 Å². The third-order valence-electron chi connectivity index (χ3n) is 4.49. The van der Waals surface area contributed by atoms with Crippen molar-refractivity contribution in [2.45, 2.75) is 24.8 Å². The molecule has 5 nitrogen and oxygen atoms in total. The van der Waals surface area contributed by atoms with Crippen molar-refractivity contribution in [3.05, 3.63) is 35.7 Å². The number of nitrogens with zero attached hydrogens (tertiary/aromatic N) is 2. The minimum Gasteiger partial charge on any atom is -0.441 e. The molecule has 0 spiro atoms. The van der Waals surface area contributed by atoms with Crippen molar-refractivity contribution in [3.8, 4) is 11.5 Å². The lowest BCUT2D eigenvalue weighted by Gasteiger charge is -2.14. The third kappa shape index (κ3) is 3.65. The highest BCUT2D eigenvalue weighted by atomic mass is 32.2. The molecule has 0 unspecified atom stereocenters. The lowest BCUT2D eigenvalue weighted by Crippen LogP contribution is -2.30. The van der Waals surface area contributed by atoms with Crippen LogP contribution in [0.4, 0.5) is 0 Å². The Morgan fingerprint density at radius 2 is 2.17 bits per heavy atom. The summed E-state index contributed by atoms with van der Waals surface area (Å²) < 4.78 is 5.86. The van der Waals surface area contributed by atoms with E-state index in [1.165, 1.54) is 4.90 Å². The number of oxazole rings is 1. The zero-order valence-corrected chi connectivity index (χ0v) is 15.2. The first-order valence-corrected chi connectivity index (χ1v) is 9.38. The van der Waals surface area contributed by atoms with Crippen LogP contribution in [0.25, 0.3) is 11.5 Å². The number of aryl methyl sites for hydroxylation is 1. The lowest BCUT2D eigenvalue weighted by atomic mass is 10.1. The van der Waals surface area contributed by atoms with Crippen LogP contribution in [0.3, 0.4) is 0 Å².